The van der Waals surface area contributed by atoms with Crippen LogP contribution in [0.2, 0.25) is 0 Å². The Balaban J connectivity index is 2.18. The van der Waals surface area contributed by atoms with E-state index >= 15 is 0 Å². The number of aliphatic hydroxyl groups excluding tert-OH is 1. The third-order valence-electron chi connectivity index (χ3n) is 2.73. The summed E-state index contributed by atoms with van der Waals surface area (Å²) in [5.41, 5.74) is 0. The number of nitrogens with one attached hydrogen (secondary N) is 1. The number of hydrogen-bond acceptors (Lipinski definition) is 3. The fraction of sp³-hybridized carbons (Fsp3) is 0.917. The third-order valence-corrected chi connectivity index (χ3v) is 2.73. The van der Waals surface area contributed by atoms with Crippen LogP contribution in [-0.4, -0.2) is 36.4 Å². The van der Waals surface area contributed by atoms with Crippen LogP contribution in [0.3, 0.4) is 0 Å². The van der Waals surface area contributed by atoms with E-state index in [-0.39, 0.29) is 12.0 Å². The number of hydrogen-bond donors (Lipinski definition) is 2. The lowest BCUT2D eigenvalue weighted by Crippen LogP contribution is -2.41. The summed E-state index contributed by atoms with van der Waals surface area (Å²) >= 11 is 0. The fourth-order valence-corrected chi connectivity index (χ4v) is 1.91. The van der Waals surface area contributed by atoms with Gasteiger partial charge in [-0.25, -0.2) is 0 Å². The maximum atomic E-state index is 11.6. The largest absolute Gasteiger partial charge is 0.391 e. The molecule has 2 atom stereocenters. The fourth-order valence-electron chi connectivity index (χ4n) is 1.91. The summed E-state index contributed by atoms with van der Waals surface area (Å²) in [6, 6.07) is 0. The Kier molecular flexibility index (Phi) is 5.77. The van der Waals surface area contributed by atoms with E-state index < -0.39 is 6.10 Å². The molecule has 0 aromatic heterocycles. The third kappa shape index (κ3) is 4.94. The van der Waals surface area contributed by atoms with E-state index in [9.17, 15) is 9.90 Å². The van der Waals surface area contributed by atoms with Gasteiger partial charge in [-0.05, 0) is 31.6 Å². The highest BCUT2D eigenvalue weighted by molar-refractivity contribution is 5.80. The molecule has 1 heterocycles. The molecule has 2 N–H and O–H groups in total. The smallest absolute Gasteiger partial charge is 0.249 e. The Bertz CT molecular complexity index is 212. The maximum Gasteiger partial charge on any atom is 0.249 e. The molecule has 1 aliphatic rings. The number of aliphatic hydroxyl groups is 1. The molecule has 1 fully saturated rings. The van der Waals surface area contributed by atoms with Crippen molar-refractivity contribution in [1.29, 1.82) is 0 Å². The average molecular weight is 229 g/mol. The molecule has 4 nitrogen and oxygen atoms in total. The molecule has 2 unspecified atom stereocenters. The number of rotatable bonds is 5. The predicted molar refractivity (Wildman–Crippen MR) is 62.1 cm³/mol. The minimum atomic E-state index is -0.451. The lowest BCUT2D eigenvalue weighted by atomic mass is 10.1. The van der Waals surface area contributed by atoms with Crippen molar-refractivity contribution in [3.63, 3.8) is 0 Å². The molecular formula is C12H23NO3. The Labute approximate surface area is 97.4 Å². The summed E-state index contributed by atoms with van der Waals surface area (Å²) in [6.07, 6.45) is 2.84. The number of carbonyl (C=O) groups is 1. The Morgan fingerprint density at radius 1 is 1.50 bits per heavy atom. The zero-order valence-electron chi connectivity index (χ0n) is 10.2. The van der Waals surface area contributed by atoms with Crippen molar-refractivity contribution in [1.82, 2.24) is 5.32 Å². The molecule has 0 spiro atoms. The molecule has 0 saturated carbocycles. The van der Waals surface area contributed by atoms with Crippen molar-refractivity contribution in [3.05, 3.63) is 0 Å². The first-order valence-corrected chi connectivity index (χ1v) is 6.17. The molecule has 0 aromatic rings. The Hall–Kier alpha value is -0.610. The van der Waals surface area contributed by atoms with Crippen molar-refractivity contribution in [2.45, 2.75) is 51.7 Å². The maximum absolute atomic E-state index is 11.6. The first kappa shape index (κ1) is 13.5. The van der Waals surface area contributed by atoms with E-state index in [1.54, 1.807) is 0 Å². The van der Waals surface area contributed by atoms with Gasteiger partial charge < -0.3 is 15.2 Å². The summed E-state index contributed by atoms with van der Waals surface area (Å²) in [4.78, 5) is 11.6. The van der Waals surface area contributed by atoms with Gasteiger partial charge in [0.15, 0.2) is 0 Å². The van der Waals surface area contributed by atoms with E-state index in [4.69, 9.17) is 4.74 Å². The van der Waals surface area contributed by atoms with Gasteiger partial charge in [-0.1, -0.05) is 13.8 Å². The topological polar surface area (TPSA) is 58.6 Å². The van der Waals surface area contributed by atoms with Crippen LogP contribution in [0.25, 0.3) is 0 Å². The quantitative estimate of drug-likeness (QED) is 0.741. The predicted octanol–water partition coefficient (Wildman–Crippen LogP) is 1.08. The first-order chi connectivity index (χ1) is 7.59. The van der Waals surface area contributed by atoms with Crippen LogP contribution in [0, 0.1) is 5.92 Å². The normalized spacial score (nSPS) is 23.1. The molecule has 0 aromatic carbocycles. The lowest BCUT2D eigenvalue weighted by Gasteiger charge is -2.22. The minimum Gasteiger partial charge on any atom is -0.391 e. The van der Waals surface area contributed by atoms with Gasteiger partial charge in [0.25, 0.3) is 0 Å². The highest BCUT2D eigenvalue weighted by atomic mass is 16.5. The summed E-state index contributed by atoms with van der Waals surface area (Å²) in [5, 5.41) is 12.4. The molecule has 94 valence electrons. The van der Waals surface area contributed by atoms with Crippen LogP contribution in [0.1, 0.15) is 39.5 Å². The van der Waals surface area contributed by atoms with Crippen molar-refractivity contribution in [2.75, 3.05) is 13.2 Å². The van der Waals surface area contributed by atoms with Crippen molar-refractivity contribution in [2.24, 2.45) is 5.92 Å². The van der Waals surface area contributed by atoms with Gasteiger partial charge in [-0.3, -0.25) is 4.79 Å². The van der Waals surface area contributed by atoms with E-state index in [1.807, 2.05) is 0 Å². The monoisotopic (exact) mass is 229 g/mol. The summed E-state index contributed by atoms with van der Waals surface area (Å²) in [5.74, 6) is 0.361. The second kappa shape index (κ2) is 6.86. The van der Waals surface area contributed by atoms with E-state index in [0.29, 0.717) is 25.5 Å². The van der Waals surface area contributed by atoms with Crippen molar-refractivity contribution >= 4 is 5.91 Å². The molecule has 1 aliphatic heterocycles. The molecule has 1 saturated heterocycles. The van der Waals surface area contributed by atoms with Gasteiger partial charge in [0.2, 0.25) is 5.91 Å². The van der Waals surface area contributed by atoms with Gasteiger partial charge in [0.05, 0.1) is 6.10 Å². The number of carbonyl (C=O) groups excluding carboxylic acids is 1. The molecule has 16 heavy (non-hydrogen) atoms. The van der Waals surface area contributed by atoms with E-state index in [0.717, 1.165) is 19.3 Å². The highest BCUT2D eigenvalue weighted by Crippen LogP contribution is 2.12. The molecule has 0 aliphatic carbocycles. The Morgan fingerprint density at radius 2 is 2.25 bits per heavy atom. The number of ether oxygens (including phenoxy) is 1. The highest BCUT2D eigenvalue weighted by Gasteiger charge is 2.22. The van der Waals surface area contributed by atoms with Gasteiger partial charge in [0.1, 0.15) is 6.10 Å². The summed E-state index contributed by atoms with van der Waals surface area (Å²) < 4.78 is 5.36. The van der Waals surface area contributed by atoms with Gasteiger partial charge in [-0.15, -0.1) is 0 Å². The number of amides is 1. The van der Waals surface area contributed by atoms with Gasteiger partial charge >= 0.3 is 0 Å². The average Bonchev–Trinajstić information content (AvgIpc) is 2.26. The van der Waals surface area contributed by atoms with E-state index in [1.165, 1.54) is 0 Å². The van der Waals surface area contributed by atoms with Crippen molar-refractivity contribution in [3.8, 4) is 0 Å². The minimum absolute atomic E-state index is 0.0810. The standard InChI is InChI=1S/C12H23NO3/c1-9(2)7-10(14)8-13-12(15)11-5-3-4-6-16-11/h9-11,14H,3-8H2,1-2H3,(H,13,15). The van der Waals surface area contributed by atoms with Crippen LogP contribution in [0.5, 0.6) is 0 Å². The van der Waals surface area contributed by atoms with Crippen LogP contribution < -0.4 is 5.32 Å². The lowest BCUT2D eigenvalue weighted by molar-refractivity contribution is -0.135. The zero-order chi connectivity index (χ0) is 12.0. The van der Waals surface area contributed by atoms with Crippen LogP contribution in [0.4, 0.5) is 0 Å². The SMILES string of the molecule is CC(C)CC(O)CNC(=O)C1CCCCO1. The molecule has 0 bridgehead atoms. The first-order valence-electron chi connectivity index (χ1n) is 6.17. The van der Waals surface area contributed by atoms with Crippen LogP contribution in [0.15, 0.2) is 0 Å². The molecule has 0 radical (unpaired) electrons. The zero-order valence-corrected chi connectivity index (χ0v) is 10.2. The molecular weight excluding hydrogens is 206 g/mol. The van der Waals surface area contributed by atoms with Gasteiger partial charge in [0, 0.05) is 13.2 Å². The second-order valence-electron chi connectivity index (χ2n) is 4.88. The molecule has 1 rings (SSSR count). The molecule has 1 amide bonds. The molecule has 4 heteroatoms. The second-order valence-corrected chi connectivity index (χ2v) is 4.88. The van der Waals surface area contributed by atoms with Gasteiger partial charge in [-0.2, -0.15) is 0 Å². The van der Waals surface area contributed by atoms with Crippen LogP contribution in [-0.2, 0) is 9.53 Å². The summed E-state index contributed by atoms with van der Waals surface area (Å²) in [7, 11) is 0. The Morgan fingerprint density at radius 3 is 2.81 bits per heavy atom. The van der Waals surface area contributed by atoms with E-state index in [2.05, 4.69) is 19.2 Å². The van der Waals surface area contributed by atoms with Crippen molar-refractivity contribution < 1.29 is 14.6 Å². The summed E-state index contributed by atoms with van der Waals surface area (Å²) in [6.45, 7) is 5.11. The van der Waals surface area contributed by atoms with Crippen LogP contribution >= 0.6 is 0 Å².